The zero-order chi connectivity index (χ0) is 15.9. The van der Waals surface area contributed by atoms with Gasteiger partial charge in [-0.1, -0.05) is 29.8 Å². The topological polar surface area (TPSA) is 68.5 Å². The van der Waals surface area contributed by atoms with Crippen molar-refractivity contribution < 1.29 is 18.7 Å². The fourth-order valence-corrected chi connectivity index (χ4v) is 2.07. The smallest absolute Gasteiger partial charge is 0.308 e. The van der Waals surface area contributed by atoms with Crippen molar-refractivity contribution in [3.63, 3.8) is 0 Å². The summed E-state index contributed by atoms with van der Waals surface area (Å²) in [6, 6.07) is 10.4. The Bertz CT molecular complexity index is 617. The Morgan fingerprint density at radius 2 is 1.95 bits per heavy atom. The Morgan fingerprint density at radius 1 is 1.23 bits per heavy atom. The van der Waals surface area contributed by atoms with E-state index in [4.69, 9.17) is 9.15 Å². The van der Waals surface area contributed by atoms with Gasteiger partial charge in [0.1, 0.15) is 0 Å². The average Bonchev–Trinajstić information content (AvgIpc) is 3.02. The van der Waals surface area contributed by atoms with Crippen LogP contribution in [0.4, 0.5) is 0 Å². The predicted octanol–water partition coefficient (Wildman–Crippen LogP) is 3.01. The van der Waals surface area contributed by atoms with Crippen LogP contribution in [0.1, 0.15) is 41.1 Å². The van der Waals surface area contributed by atoms with E-state index in [0.717, 1.165) is 11.1 Å². The molecule has 5 nitrogen and oxygen atoms in total. The third kappa shape index (κ3) is 4.22. The van der Waals surface area contributed by atoms with Crippen molar-refractivity contribution in [3.8, 4) is 0 Å². The molecule has 1 amide bonds. The van der Waals surface area contributed by atoms with Crippen molar-refractivity contribution in [1.29, 1.82) is 0 Å². The summed E-state index contributed by atoms with van der Waals surface area (Å²) in [5.74, 6) is -0.506. The van der Waals surface area contributed by atoms with Gasteiger partial charge in [-0.25, -0.2) is 0 Å². The van der Waals surface area contributed by atoms with Crippen LogP contribution < -0.4 is 5.32 Å². The number of esters is 1. The molecule has 0 unspecified atom stereocenters. The molecule has 0 fully saturated rings. The van der Waals surface area contributed by atoms with Crippen molar-refractivity contribution in [3.05, 3.63) is 59.5 Å². The van der Waals surface area contributed by atoms with E-state index in [1.807, 2.05) is 31.2 Å². The van der Waals surface area contributed by atoms with Crippen molar-refractivity contribution >= 4 is 11.9 Å². The zero-order valence-corrected chi connectivity index (χ0v) is 12.7. The van der Waals surface area contributed by atoms with E-state index >= 15 is 0 Å². The molecular formula is C17H19NO4. The van der Waals surface area contributed by atoms with Crippen LogP contribution in [0.15, 0.2) is 47.1 Å². The average molecular weight is 301 g/mol. The number of aryl methyl sites for hydroxylation is 1. The Labute approximate surface area is 129 Å². The lowest BCUT2D eigenvalue weighted by Crippen LogP contribution is -2.30. The van der Waals surface area contributed by atoms with Crippen molar-refractivity contribution in [2.24, 2.45) is 0 Å². The van der Waals surface area contributed by atoms with Gasteiger partial charge >= 0.3 is 5.97 Å². The molecule has 0 saturated carbocycles. The van der Waals surface area contributed by atoms with Gasteiger partial charge < -0.3 is 14.5 Å². The highest BCUT2D eigenvalue weighted by molar-refractivity contribution is 5.92. The number of carbonyl (C=O) groups is 2. The summed E-state index contributed by atoms with van der Waals surface area (Å²) in [5.41, 5.74) is 1.95. The molecule has 0 aliphatic carbocycles. The molecule has 0 spiro atoms. The van der Waals surface area contributed by atoms with Crippen LogP contribution in [0, 0.1) is 6.92 Å². The quantitative estimate of drug-likeness (QED) is 0.833. The van der Waals surface area contributed by atoms with E-state index in [1.54, 1.807) is 19.1 Å². The van der Waals surface area contributed by atoms with E-state index in [1.165, 1.54) is 6.26 Å². The third-order valence-corrected chi connectivity index (χ3v) is 3.21. The fourth-order valence-electron chi connectivity index (χ4n) is 2.07. The van der Waals surface area contributed by atoms with E-state index in [-0.39, 0.29) is 24.1 Å². The highest BCUT2D eigenvalue weighted by Crippen LogP contribution is 2.19. The normalized spacial score (nSPS) is 11.7. The first kappa shape index (κ1) is 15.8. The van der Waals surface area contributed by atoms with Gasteiger partial charge in [-0.3, -0.25) is 9.59 Å². The second-order valence-electron chi connectivity index (χ2n) is 4.92. The minimum Gasteiger partial charge on any atom is -0.466 e. The number of carbonyl (C=O) groups excluding carboxylic acids is 2. The van der Waals surface area contributed by atoms with Crippen LogP contribution in [-0.2, 0) is 9.53 Å². The molecule has 0 bridgehead atoms. The zero-order valence-electron chi connectivity index (χ0n) is 12.7. The molecule has 5 heteroatoms. The summed E-state index contributed by atoms with van der Waals surface area (Å²) < 4.78 is 10.1. The van der Waals surface area contributed by atoms with E-state index in [0.29, 0.717) is 6.61 Å². The maximum absolute atomic E-state index is 12.1. The molecule has 0 aliphatic rings. The highest BCUT2D eigenvalue weighted by atomic mass is 16.5. The number of nitrogens with one attached hydrogen (secondary N) is 1. The maximum Gasteiger partial charge on any atom is 0.308 e. The lowest BCUT2D eigenvalue weighted by molar-refractivity contribution is -0.143. The Balaban J connectivity index is 2.15. The van der Waals surface area contributed by atoms with Gasteiger partial charge in [0.15, 0.2) is 5.76 Å². The number of benzene rings is 1. The summed E-state index contributed by atoms with van der Waals surface area (Å²) in [7, 11) is 0. The van der Waals surface area contributed by atoms with Crippen LogP contribution in [0.25, 0.3) is 0 Å². The number of hydrogen-bond donors (Lipinski definition) is 1. The molecule has 2 aromatic rings. The Kier molecular flexibility index (Phi) is 5.36. The van der Waals surface area contributed by atoms with E-state index in [2.05, 4.69) is 5.32 Å². The van der Waals surface area contributed by atoms with Crippen LogP contribution >= 0.6 is 0 Å². The van der Waals surface area contributed by atoms with Crippen LogP contribution in [0.2, 0.25) is 0 Å². The number of furan rings is 1. The second-order valence-corrected chi connectivity index (χ2v) is 4.92. The molecule has 1 atom stereocenters. The summed E-state index contributed by atoms with van der Waals surface area (Å²) in [6.45, 7) is 4.04. The minimum atomic E-state index is -0.461. The van der Waals surface area contributed by atoms with Crippen LogP contribution in [0.3, 0.4) is 0 Å². The van der Waals surface area contributed by atoms with Gasteiger partial charge in [-0.05, 0) is 31.5 Å². The Morgan fingerprint density at radius 3 is 2.55 bits per heavy atom. The molecule has 116 valence electrons. The summed E-state index contributed by atoms with van der Waals surface area (Å²) >= 11 is 0. The standard InChI is InChI=1S/C17H19NO4/c1-3-21-16(19)11-14(13-8-6-12(2)7-9-13)18-17(20)15-5-4-10-22-15/h4-10,14H,3,11H2,1-2H3,(H,18,20)/t14-/m1/s1. The molecule has 1 N–H and O–H groups in total. The number of hydrogen-bond acceptors (Lipinski definition) is 4. The fraction of sp³-hybridized carbons (Fsp3) is 0.294. The van der Waals surface area contributed by atoms with E-state index in [9.17, 15) is 9.59 Å². The molecule has 0 radical (unpaired) electrons. The summed E-state index contributed by atoms with van der Waals surface area (Å²) in [5, 5.41) is 2.81. The molecule has 2 rings (SSSR count). The van der Waals surface area contributed by atoms with Gasteiger partial charge in [0.05, 0.1) is 25.3 Å². The van der Waals surface area contributed by atoms with Gasteiger partial charge in [-0.15, -0.1) is 0 Å². The SMILES string of the molecule is CCOC(=O)C[C@@H](NC(=O)c1ccco1)c1ccc(C)cc1. The minimum absolute atomic E-state index is 0.0728. The van der Waals surface area contributed by atoms with Crippen molar-refractivity contribution in [2.75, 3.05) is 6.61 Å². The summed E-state index contributed by atoms with van der Waals surface area (Å²) in [6.07, 6.45) is 1.50. The molecule has 1 aromatic heterocycles. The lowest BCUT2D eigenvalue weighted by Gasteiger charge is -2.18. The molecule has 1 aromatic carbocycles. The van der Waals surface area contributed by atoms with Gasteiger partial charge in [0.25, 0.3) is 5.91 Å². The van der Waals surface area contributed by atoms with Gasteiger partial charge in [-0.2, -0.15) is 0 Å². The monoisotopic (exact) mass is 301 g/mol. The summed E-state index contributed by atoms with van der Waals surface area (Å²) in [4.78, 5) is 23.9. The molecular weight excluding hydrogens is 282 g/mol. The second kappa shape index (κ2) is 7.45. The lowest BCUT2D eigenvalue weighted by atomic mass is 10.0. The maximum atomic E-state index is 12.1. The largest absolute Gasteiger partial charge is 0.466 e. The van der Waals surface area contributed by atoms with Crippen molar-refractivity contribution in [1.82, 2.24) is 5.32 Å². The molecule has 1 heterocycles. The number of amides is 1. The van der Waals surface area contributed by atoms with Gasteiger partial charge in [0.2, 0.25) is 0 Å². The first-order valence-corrected chi connectivity index (χ1v) is 7.16. The van der Waals surface area contributed by atoms with Crippen LogP contribution in [-0.4, -0.2) is 18.5 Å². The molecule has 0 saturated heterocycles. The number of ether oxygens (including phenoxy) is 1. The predicted molar refractivity (Wildman–Crippen MR) is 81.3 cm³/mol. The molecule has 0 aliphatic heterocycles. The Hall–Kier alpha value is -2.56. The first-order chi connectivity index (χ1) is 10.6. The van der Waals surface area contributed by atoms with Gasteiger partial charge in [0, 0.05) is 0 Å². The highest BCUT2D eigenvalue weighted by Gasteiger charge is 2.21. The van der Waals surface area contributed by atoms with Crippen LogP contribution in [0.5, 0.6) is 0 Å². The number of rotatable bonds is 6. The first-order valence-electron chi connectivity index (χ1n) is 7.16. The van der Waals surface area contributed by atoms with Crippen molar-refractivity contribution in [2.45, 2.75) is 26.3 Å². The van der Waals surface area contributed by atoms with E-state index < -0.39 is 6.04 Å². The molecule has 22 heavy (non-hydrogen) atoms. The third-order valence-electron chi connectivity index (χ3n) is 3.21.